The molecule has 4 rings (SSSR count). The maximum Gasteiger partial charge on any atom is 0.255 e. The zero-order valence-electron chi connectivity index (χ0n) is 16.5. The number of carbonyl (C=O) groups is 1. The molecule has 0 saturated heterocycles. The maximum absolute atomic E-state index is 13.2. The van der Waals surface area contributed by atoms with Crippen molar-refractivity contribution in [1.82, 2.24) is 15.1 Å². The number of nitrogens with zero attached hydrogens (tertiary/aromatic N) is 2. The average molecular weight is 434 g/mol. The van der Waals surface area contributed by atoms with Crippen molar-refractivity contribution >= 4 is 29.1 Å². The van der Waals surface area contributed by atoms with Crippen LogP contribution in [-0.2, 0) is 6.42 Å². The number of rotatable bonds is 2. The van der Waals surface area contributed by atoms with Gasteiger partial charge in [0.2, 0.25) is 0 Å². The molecule has 1 atom stereocenters. The van der Waals surface area contributed by atoms with Gasteiger partial charge in [-0.1, -0.05) is 43.1 Å². The standard InChI is InChI=1S/C20H16Cl2FN3O.C2H6/c1-11-18-15(19(25-24-18)12-5-7-13(23)8-6-12)9-10-26(11)20(27)14-3-2-4-16(21)17(14)22;1-2/h2-8,11H,9-10H2,1H3,(H,24,25);1-2H3. The summed E-state index contributed by atoms with van der Waals surface area (Å²) in [6.45, 7) is 6.48. The van der Waals surface area contributed by atoms with E-state index in [-0.39, 0.29) is 22.8 Å². The lowest BCUT2D eigenvalue weighted by molar-refractivity contribution is 0.0674. The first kappa shape index (κ1) is 21.3. The van der Waals surface area contributed by atoms with Crippen LogP contribution in [0, 0.1) is 5.82 Å². The number of fused-ring (bicyclic) bond motifs is 1. The van der Waals surface area contributed by atoms with Gasteiger partial charge >= 0.3 is 0 Å². The van der Waals surface area contributed by atoms with Gasteiger partial charge in [-0.25, -0.2) is 4.39 Å². The van der Waals surface area contributed by atoms with Crippen LogP contribution >= 0.6 is 23.2 Å². The quantitative estimate of drug-likeness (QED) is 0.514. The van der Waals surface area contributed by atoms with E-state index in [2.05, 4.69) is 10.2 Å². The van der Waals surface area contributed by atoms with Crippen molar-refractivity contribution in [3.8, 4) is 11.3 Å². The Hall–Kier alpha value is -2.37. The highest BCUT2D eigenvalue weighted by Crippen LogP contribution is 2.36. The predicted molar refractivity (Wildman–Crippen MR) is 115 cm³/mol. The van der Waals surface area contributed by atoms with Crippen LogP contribution in [0.5, 0.6) is 0 Å². The molecule has 2 heterocycles. The van der Waals surface area contributed by atoms with Gasteiger partial charge < -0.3 is 4.90 Å². The van der Waals surface area contributed by atoms with Gasteiger partial charge in [-0.3, -0.25) is 9.89 Å². The molecule has 1 N–H and O–H groups in total. The van der Waals surface area contributed by atoms with E-state index in [1.54, 1.807) is 35.2 Å². The van der Waals surface area contributed by atoms with E-state index >= 15 is 0 Å². The summed E-state index contributed by atoms with van der Waals surface area (Å²) in [5, 5.41) is 8.09. The SMILES string of the molecule is CC.CC1c2[nH]nc(-c3ccc(F)cc3)c2CCN1C(=O)c1cccc(Cl)c1Cl. The molecule has 0 fully saturated rings. The van der Waals surface area contributed by atoms with Crippen LogP contribution < -0.4 is 0 Å². The van der Waals surface area contributed by atoms with Gasteiger partial charge in [0.25, 0.3) is 5.91 Å². The Balaban J connectivity index is 0.00000117. The number of amides is 1. The third-order valence-electron chi connectivity index (χ3n) is 4.95. The van der Waals surface area contributed by atoms with Crippen molar-refractivity contribution < 1.29 is 9.18 Å². The Morgan fingerprint density at radius 1 is 1.17 bits per heavy atom. The average Bonchev–Trinajstić information content (AvgIpc) is 3.17. The number of hydrogen-bond acceptors (Lipinski definition) is 2. The molecule has 1 aliphatic rings. The molecule has 0 spiro atoms. The van der Waals surface area contributed by atoms with Gasteiger partial charge in [0, 0.05) is 17.7 Å². The Kier molecular flexibility index (Phi) is 6.60. The largest absolute Gasteiger partial charge is 0.330 e. The second kappa shape index (κ2) is 8.97. The van der Waals surface area contributed by atoms with Crippen LogP contribution in [0.1, 0.15) is 48.4 Å². The highest BCUT2D eigenvalue weighted by molar-refractivity contribution is 6.43. The smallest absolute Gasteiger partial charge is 0.255 e. The number of H-pyrrole nitrogens is 1. The van der Waals surface area contributed by atoms with Crippen LogP contribution in [0.25, 0.3) is 11.3 Å². The molecule has 1 amide bonds. The summed E-state index contributed by atoms with van der Waals surface area (Å²) in [6.07, 6.45) is 0.646. The normalized spacial score (nSPS) is 15.4. The fourth-order valence-electron chi connectivity index (χ4n) is 3.51. The number of aromatic amines is 1. The minimum atomic E-state index is -0.285. The number of benzene rings is 2. The number of aromatic nitrogens is 2. The van der Waals surface area contributed by atoms with Crippen molar-refractivity contribution in [2.75, 3.05) is 6.54 Å². The summed E-state index contributed by atoms with van der Waals surface area (Å²) in [4.78, 5) is 14.8. The van der Waals surface area contributed by atoms with Crippen molar-refractivity contribution in [1.29, 1.82) is 0 Å². The van der Waals surface area contributed by atoms with E-state index in [1.165, 1.54) is 12.1 Å². The lowest BCUT2D eigenvalue weighted by Crippen LogP contribution is -2.39. The second-order valence-electron chi connectivity index (χ2n) is 6.50. The topological polar surface area (TPSA) is 49.0 Å². The Morgan fingerprint density at radius 3 is 2.55 bits per heavy atom. The lowest BCUT2D eigenvalue weighted by atomic mass is 9.95. The molecule has 0 saturated carbocycles. The van der Waals surface area contributed by atoms with E-state index < -0.39 is 0 Å². The Bertz CT molecular complexity index is 1020. The molecule has 4 nitrogen and oxygen atoms in total. The van der Waals surface area contributed by atoms with Crippen molar-refractivity contribution in [2.45, 2.75) is 33.2 Å². The van der Waals surface area contributed by atoms with Crippen LogP contribution in [-0.4, -0.2) is 27.5 Å². The molecule has 3 aromatic rings. The Labute approximate surface area is 179 Å². The molecule has 1 aromatic heterocycles. The highest BCUT2D eigenvalue weighted by Gasteiger charge is 2.32. The number of hydrogen-bond donors (Lipinski definition) is 1. The van der Waals surface area contributed by atoms with E-state index in [9.17, 15) is 9.18 Å². The number of carbonyl (C=O) groups excluding carboxylic acids is 1. The first-order valence-electron chi connectivity index (χ1n) is 9.55. The fraction of sp³-hybridized carbons (Fsp3) is 0.273. The van der Waals surface area contributed by atoms with Gasteiger partial charge in [0.05, 0.1) is 33.0 Å². The van der Waals surface area contributed by atoms with Gasteiger partial charge in [-0.15, -0.1) is 0 Å². The minimum absolute atomic E-state index is 0.168. The van der Waals surface area contributed by atoms with Crippen LogP contribution in [0.3, 0.4) is 0 Å². The fourth-order valence-corrected chi connectivity index (χ4v) is 3.89. The summed E-state index contributed by atoms with van der Waals surface area (Å²) in [6, 6.07) is 11.1. The summed E-state index contributed by atoms with van der Waals surface area (Å²) in [5.41, 5.74) is 3.96. The summed E-state index contributed by atoms with van der Waals surface area (Å²) >= 11 is 12.3. The number of nitrogens with one attached hydrogen (secondary N) is 1. The van der Waals surface area contributed by atoms with Gasteiger partial charge in [0.15, 0.2) is 0 Å². The molecule has 0 aliphatic carbocycles. The summed E-state index contributed by atoms with van der Waals surface area (Å²) in [7, 11) is 0. The molecule has 2 aromatic carbocycles. The predicted octanol–water partition coefficient (Wildman–Crippen LogP) is 6.31. The molecule has 29 heavy (non-hydrogen) atoms. The Morgan fingerprint density at radius 2 is 1.86 bits per heavy atom. The second-order valence-corrected chi connectivity index (χ2v) is 7.28. The van der Waals surface area contributed by atoms with Gasteiger partial charge in [-0.2, -0.15) is 5.10 Å². The first-order valence-corrected chi connectivity index (χ1v) is 10.3. The van der Waals surface area contributed by atoms with Gasteiger partial charge in [0.1, 0.15) is 5.82 Å². The molecule has 0 radical (unpaired) electrons. The van der Waals surface area contributed by atoms with Gasteiger partial charge in [-0.05, 0) is 49.7 Å². The third kappa shape index (κ3) is 4.02. The molecular weight excluding hydrogens is 412 g/mol. The third-order valence-corrected chi connectivity index (χ3v) is 5.77. The first-order chi connectivity index (χ1) is 14.0. The van der Waals surface area contributed by atoms with Crippen molar-refractivity contribution in [3.63, 3.8) is 0 Å². The zero-order valence-corrected chi connectivity index (χ0v) is 18.0. The molecule has 152 valence electrons. The molecule has 7 heteroatoms. The molecular formula is C22H22Cl2FN3O. The lowest BCUT2D eigenvalue weighted by Gasteiger charge is -2.33. The summed E-state index contributed by atoms with van der Waals surface area (Å²) in [5.74, 6) is -0.453. The van der Waals surface area contributed by atoms with Crippen LogP contribution in [0.4, 0.5) is 4.39 Å². The summed E-state index contributed by atoms with van der Waals surface area (Å²) < 4.78 is 13.2. The van der Waals surface area contributed by atoms with E-state index in [4.69, 9.17) is 23.2 Å². The van der Waals surface area contributed by atoms with Crippen molar-refractivity contribution in [3.05, 3.63) is 75.1 Å². The van der Waals surface area contributed by atoms with E-state index in [1.807, 2.05) is 20.8 Å². The number of halogens is 3. The highest BCUT2D eigenvalue weighted by atomic mass is 35.5. The monoisotopic (exact) mass is 433 g/mol. The van der Waals surface area contributed by atoms with E-state index in [0.717, 1.165) is 22.5 Å². The maximum atomic E-state index is 13.2. The van der Waals surface area contributed by atoms with Crippen LogP contribution in [0.15, 0.2) is 42.5 Å². The molecule has 1 unspecified atom stereocenters. The van der Waals surface area contributed by atoms with E-state index in [0.29, 0.717) is 23.6 Å². The molecule has 1 aliphatic heterocycles. The van der Waals surface area contributed by atoms with Crippen LogP contribution in [0.2, 0.25) is 10.0 Å². The van der Waals surface area contributed by atoms with Crippen molar-refractivity contribution in [2.24, 2.45) is 0 Å². The minimum Gasteiger partial charge on any atom is -0.330 e. The molecule has 0 bridgehead atoms. The zero-order chi connectivity index (χ0) is 21.1.